The lowest BCUT2D eigenvalue weighted by Crippen LogP contribution is -2.53. The number of nitrogens with zero attached hydrogens (tertiary/aromatic N) is 2. The highest BCUT2D eigenvalue weighted by atomic mass is 19.1. The summed E-state index contributed by atoms with van der Waals surface area (Å²) in [6.45, 7) is 4.37. The van der Waals surface area contributed by atoms with E-state index in [2.05, 4.69) is 9.80 Å². The predicted molar refractivity (Wildman–Crippen MR) is 94.7 cm³/mol. The van der Waals surface area contributed by atoms with Gasteiger partial charge in [0.15, 0.2) is 0 Å². The molecule has 2 saturated heterocycles. The number of aliphatic hydroxyl groups excluding tert-OH is 1. The molecule has 4 heteroatoms. The monoisotopic (exact) mass is 332 g/mol. The third kappa shape index (κ3) is 3.06. The molecule has 1 aromatic carbocycles. The molecule has 1 aromatic rings. The molecular formula is C20H29FN2O. The minimum atomic E-state index is -0.164. The van der Waals surface area contributed by atoms with Crippen molar-refractivity contribution >= 4 is 5.69 Å². The molecule has 3 aliphatic rings. The summed E-state index contributed by atoms with van der Waals surface area (Å²) in [7, 11) is 0. The number of aliphatic hydroxyl groups is 1. The van der Waals surface area contributed by atoms with Crippen molar-refractivity contribution in [3.63, 3.8) is 0 Å². The zero-order valence-corrected chi connectivity index (χ0v) is 14.5. The number of hydrogen-bond acceptors (Lipinski definition) is 3. The van der Waals surface area contributed by atoms with Crippen LogP contribution in [0.5, 0.6) is 0 Å². The van der Waals surface area contributed by atoms with Crippen LogP contribution in [0.2, 0.25) is 0 Å². The highest BCUT2D eigenvalue weighted by molar-refractivity contribution is 5.46. The highest BCUT2D eigenvalue weighted by Gasteiger charge is 2.45. The molecule has 3 fully saturated rings. The average molecular weight is 332 g/mol. The lowest BCUT2D eigenvalue weighted by atomic mass is 9.76. The maximum absolute atomic E-state index is 13.1. The average Bonchev–Trinajstić information content (AvgIpc) is 2.96. The van der Waals surface area contributed by atoms with Crippen LogP contribution in [-0.2, 0) is 0 Å². The number of benzene rings is 1. The number of rotatable bonds is 2. The minimum Gasteiger partial charge on any atom is -0.393 e. The number of halogens is 1. The summed E-state index contributed by atoms with van der Waals surface area (Å²) in [6, 6.07) is 7.53. The Morgan fingerprint density at radius 3 is 2.33 bits per heavy atom. The normalized spacial score (nSPS) is 32.6. The molecule has 0 bridgehead atoms. The summed E-state index contributed by atoms with van der Waals surface area (Å²) >= 11 is 0. The quantitative estimate of drug-likeness (QED) is 0.899. The van der Waals surface area contributed by atoms with Gasteiger partial charge in [-0.05, 0) is 69.3 Å². The molecule has 2 atom stereocenters. The number of piperidine rings is 2. The van der Waals surface area contributed by atoms with E-state index >= 15 is 0 Å². The minimum absolute atomic E-state index is 0.0837. The first-order valence-corrected chi connectivity index (χ1v) is 9.59. The van der Waals surface area contributed by atoms with Crippen molar-refractivity contribution in [1.29, 1.82) is 0 Å². The molecule has 2 aliphatic heterocycles. The van der Waals surface area contributed by atoms with Crippen molar-refractivity contribution in [3.8, 4) is 0 Å². The third-order valence-corrected chi connectivity index (χ3v) is 6.67. The Labute approximate surface area is 144 Å². The number of hydrogen-bond donors (Lipinski definition) is 1. The zero-order chi connectivity index (χ0) is 16.6. The second-order valence-corrected chi connectivity index (χ2v) is 8.04. The van der Waals surface area contributed by atoms with E-state index in [4.69, 9.17) is 0 Å². The second kappa shape index (κ2) is 6.64. The van der Waals surface area contributed by atoms with E-state index in [0.717, 1.165) is 31.7 Å². The van der Waals surface area contributed by atoms with Gasteiger partial charge in [0.25, 0.3) is 0 Å². The standard InChI is InChI=1S/C20H29FN2O/c21-16-4-6-17(7-5-16)22-13-8-18(9-14-22)23-12-2-11-20(15-23)10-1-3-19(20)24/h4-7,18-19,24H,1-3,8-15H2/t19-,20-/m1/s1. The van der Waals surface area contributed by atoms with Gasteiger partial charge in [0.05, 0.1) is 6.10 Å². The van der Waals surface area contributed by atoms with Gasteiger partial charge in [0.2, 0.25) is 0 Å². The first kappa shape index (κ1) is 16.3. The van der Waals surface area contributed by atoms with E-state index in [-0.39, 0.29) is 17.3 Å². The third-order valence-electron chi connectivity index (χ3n) is 6.67. The summed E-state index contributed by atoms with van der Waals surface area (Å²) in [5.74, 6) is -0.164. The van der Waals surface area contributed by atoms with Gasteiger partial charge in [-0.15, -0.1) is 0 Å². The van der Waals surface area contributed by atoms with Crippen LogP contribution >= 0.6 is 0 Å². The maximum atomic E-state index is 13.1. The molecule has 24 heavy (non-hydrogen) atoms. The Balaban J connectivity index is 1.36. The van der Waals surface area contributed by atoms with Crippen LogP contribution < -0.4 is 4.90 Å². The summed E-state index contributed by atoms with van der Waals surface area (Å²) in [5, 5.41) is 10.5. The van der Waals surface area contributed by atoms with Crippen molar-refractivity contribution in [2.75, 3.05) is 31.1 Å². The highest BCUT2D eigenvalue weighted by Crippen LogP contribution is 2.45. The lowest BCUT2D eigenvalue weighted by Gasteiger charge is -2.47. The van der Waals surface area contributed by atoms with Crippen LogP contribution in [0.15, 0.2) is 24.3 Å². The molecule has 3 nitrogen and oxygen atoms in total. The summed E-state index contributed by atoms with van der Waals surface area (Å²) in [5.41, 5.74) is 1.32. The summed E-state index contributed by atoms with van der Waals surface area (Å²) in [4.78, 5) is 5.04. The van der Waals surface area contributed by atoms with Crippen LogP contribution in [0.3, 0.4) is 0 Å². The zero-order valence-electron chi connectivity index (χ0n) is 14.5. The van der Waals surface area contributed by atoms with Crippen LogP contribution in [0, 0.1) is 11.2 Å². The Morgan fingerprint density at radius 2 is 1.67 bits per heavy atom. The fourth-order valence-corrected chi connectivity index (χ4v) is 5.25. The summed E-state index contributed by atoms with van der Waals surface area (Å²) < 4.78 is 13.1. The van der Waals surface area contributed by atoms with Gasteiger partial charge in [0.1, 0.15) is 5.82 Å². The van der Waals surface area contributed by atoms with Crippen LogP contribution in [0.1, 0.15) is 44.9 Å². The predicted octanol–water partition coefficient (Wildman–Crippen LogP) is 3.42. The molecule has 0 radical (unpaired) electrons. The topological polar surface area (TPSA) is 26.7 Å². The van der Waals surface area contributed by atoms with Crippen molar-refractivity contribution < 1.29 is 9.50 Å². The molecule has 1 N–H and O–H groups in total. The van der Waals surface area contributed by atoms with Crippen LogP contribution in [-0.4, -0.2) is 48.3 Å². The second-order valence-electron chi connectivity index (χ2n) is 8.04. The first-order chi connectivity index (χ1) is 11.7. The molecule has 0 aromatic heterocycles. The number of anilines is 1. The van der Waals surface area contributed by atoms with E-state index in [0.29, 0.717) is 6.04 Å². The van der Waals surface area contributed by atoms with E-state index in [1.807, 2.05) is 12.1 Å². The number of likely N-dealkylation sites (tertiary alicyclic amines) is 1. The molecular weight excluding hydrogens is 303 g/mol. The first-order valence-electron chi connectivity index (χ1n) is 9.59. The van der Waals surface area contributed by atoms with E-state index in [9.17, 15) is 9.50 Å². The molecule has 4 rings (SSSR count). The molecule has 2 heterocycles. The van der Waals surface area contributed by atoms with Gasteiger partial charge < -0.3 is 10.0 Å². The SMILES string of the molecule is O[C@@H]1CCC[C@]12CCCN(C1CCN(c3ccc(F)cc3)CC1)C2. The van der Waals surface area contributed by atoms with Crippen molar-refractivity contribution in [1.82, 2.24) is 4.90 Å². The lowest BCUT2D eigenvalue weighted by molar-refractivity contribution is -0.0262. The Morgan fingerprint density at radius 1 is 0.958 bits per heavy atom. The van der Waals surface area contributed by atoms with Crippen LogP contribution in [0.25, 0.3) is 0 Å². The Kier molecular flexibility index (Phi) is 4.52. The van der Waals surface area contributed by atoms with Gasteiger partial charge in [-0.3, -0.25) is 4.90 Å². The largest absolute Gasteiger partial charge is 0.393 e. The fraction of sp³-hybridized carbons (Fsp3) is 0.700. The maximum Gasteiger partial charge on any atom is 0.123 e. The fourth-order valence-electron chi connectivity index (χ4n) is 5.25. The molecule has 132 valence electrons. The van der Waals surface area contributed by atoms with Crippen molar-refractivity contribution in [2.45, 2.75) is 57.1 Å². The van der Waals surface area contributed by atoms with E-state index < -0.39 is 0 Å². The smallest absolute Gasteiger partial charge is 0.123 e. The molecule has 1 aliphatic carbocycles. The summed E-state index contributed by atoms with van der Waals surface area (Å²) in [6.07, 6.45) is 8.09. The van der Waals surface area contributed by atoms with Gasteiger partial charge in [-0.25, -0.2) is 4.39 Å². The Bertz CT molecular complexity index is 555. The molecule has 1 saturated carbocycles. The Hall–Kier alpha value is -1.13. The van der Waals surface area contributed by atoms with E-state index in [1.165, 1.54) is 45.1 Å². The van der Waals surface area contributed by atoms with Crippen molar-refractivity contribution in [3.05, 3.63) is 30.1 Å². The van der Waals surface area contributed by atoms with Crippen molar-refractivity contribution in [2.24, 2.45) is 5.41 Å². The van der Waals surface area contributed by atoms with Gasteiger partial charge in [-0.1, -0.05) is 6.42 Å². The molecule has 0 unspecified atom stereocenters. The van der Waals surface area contributed by atoms with Crippen LogP contribution in [0.4, 0.5) is 10.1 Å². The van der Waals surface area contributed by atoms with E-state index in [1.54, 1.807) is 12.1 Å². The van der Waals surface area contributed by atoms with Gasteiger partial charge >= 0.3 is 0 Å². The molecule has 0 amide bonds. The molecule has 1 spiro atoms. The van der Waals surface area contributed by atoms with Gasteiger partial charge in [-0.2, -0.15) is 0 Å². The van der Waals surface area contributed by atoms with Gasteiger partial charge in [0, 0.05) is 36.8 Å².